The van der Waals surface area contributed by atoms with Crippen molar-refractivity contribution in [3.8, 4) is 5.75 Å². The molecule has 1 aliphatic rings. The first-order valence-corrected chi connectivity index (χ1v) is 6.96. The molecule has 1 saturated heterocycles. The SMILES string of the molecule is CCOc1ccc(C(=O)NC2CCNC(C)C2)cc1.Cl. The lowest BCUT2D eigenvalue weighted by Gasteiger charge is -2.28. The van der Waals surface area contributed by atoms with Gasteiger partial charge >= 0.3 is 0 Å². The van der Waals surface area contributed by atoms with Gasteiger partial charge in [0.15, 0.2) is 0 Å². The fourth-order valence-electron chi connectivity index (χ4n) is 2.40. The molecule has 0 aromatic heterocycles. The Bertz CT molecular complexity index is 422. The molecular weight excluding hydrogens is 276 g/mol. The Kier molecular flexibility index (Phi) is 6.82. The van der Waals surface area contributed by atoms with Crippen molar-refractivity contribution in [3.05, 3.63) is 29.8 Å². The molecule has 2 rings (SSSR count). The summed E-state index contributed by atoms with van der Waals surface area (Å²) < 4.78 is 5.36. The van der Waals surface area contributed by atoms with Gasteiger partial charge in [-0.25, -0.2) is 0 Å². The van der Waals surface area contributed by atoms with Gasteiger partial charge in [0.05, 0.1) is 6.61 Å². The topological polar surface area (TPSA) is 50.4 Å². The van der Waals surface area contributed by atoms with Gasteiger partial charge in [-0.05, 0) is 57.5 Å². The van der Waals surface area contributed by atoms with E-state index < -0.39 is 0 Å². The van der Waals surface area contributed by atoms with Gasteiger partial charge in [-0.2, -0.15) is 0 Å². The quantitative estimate of drug-likeness (QED) is 0.897. The highest BCUT2D eigenvalue weighted by molar-refractivity contribution is 5.94. The zero-order valence-corrected chi connectivity index (χ0v) is 12.8. The highest BCUT2D eigenvalue weighted by Gasteiger charge is 2.20. The molecule has 1 aromatic rings. The minimum atomic E-state index is 0. The van der Waals surface area contributed by atoms with E-state index in [4.69, 9.17) is 4.74 Å². The summed E-state index contributed by atoms with van der Waals surface area (Å²) >= 11 is 0. The van der Waals surface area contributed by atoms with Crippen LogP contribution in [0, 0.1) is 0 Å². The van der Waals surface area contributed by atoms with Crippen LogP contribution in [-0.2, 0) is 0 Å². The van der Waals surface area contributed by atoms with Gasteiger partial charge in [0.25, 0.3) is 5.91 Å². The van der Waals surface area contributed by atoms with Crippen LogP contribution in [0.15, 0.2) is 24.3 Å². The van der Waals surface area contributed by atoms with Crippen molar-refractivity contribution >= 4 is 18.3 Å². The Morgan fingerprint density at radius 2 is 2.10 bits per heavy atom. The predicted octanol–water partition coefficient (Wildman–Crippen LogP) is 2.38. The standard InChI is InChI=1S/C15H22N2O2.ClH/c1-3-19-14-6-4-12(5-7-14)15(18)17-13-8-9-16-11(2)10-13;/h4-7,11,13,16H,3,8-10H2,1-2H3,(H,17,18);1H. The Labute approximate surface area is 126 Å². The number of rotatable bonds is 4. The van der Waals surface area contributed by atoms with Crippen LogP contribution in [-0.4, -0.2) is 31.1 Å². The first-order valence-electron chi connectivity index (χ1n) is 6.96. The summed E-state index contributed by atoms with van der Waals surface area (Å²) in [5.41, 5.74) is 0.689. The molecule has 112 valence electrons. The van der Waals surface area contributed by atoms with Crippen LogP contribution in [0.1, 0.15) is 37.0 Å². The Hall–Kier alpha value is -1.26. The van der Waals surface area contributed by atoms with Crippen molar-refractivity contribution in [2.45, 2.75) is 38.8 Å². The molecule has 1 amide bonds. The third-order valence-electron chi connectivity index (χ3n) is 3.39. The molecule has 1 aliphatic heterocycles. The number of benzene rings is 1. The lowest BCUT2D eigenvalue weighted by molar-refractivity contribution is 0.0925. The Balaban J connectivity index is 0.00000200. The number of hydrogen-bond acceptors (Lipinski definition) is 3. The molecule has 1 heterocycles. The number of hydrogen-bond donors (Lipinski definition) is 2. The molecular formula is C15H23ClN2O2. The number of carbonyl (C=O) groups excluding carboxylic acids is 1. The van der Waals surface area contributed by atoms with E-state index >= 15 is 0 Å². The van der Waals surface area contributed by atoms with E-state index in [0.29, 0.717) is 18.2 Å². The Morgan fingerprint density at radius 3 is 2.70 bits per heavy atom. The average molecular weight is 299 g/mol. The zero-order chi connectivity index (χ0) is 13.7. The lowest BCUT2D eigenvalue weighted by atomic mass is 10.0. The molecule has 5 heteroatoms. The summed E-state index contributed by atoms with van der Waals surface area (Å²) in [4.78, 5) is 12.1. The second kappa shape index (κ2) is 8.12. The third-order valence-corrected chi connectivity index (χ3v) is 3.39. The van der Waals surface area contributed by atoms with Gasteiger partial charge in [0.2, 0.25) is 0 Å². The van der Waals surface area contributed by atoms with Crippen LogP contribution in [0.5, 0.6) is 5.75 Å². The summed E-state index contributed by atoms with van der Waals surface area (Å²) in [5.74, 6) is 0.802. The van der Waals surface area contributed by atoms with E-state index in [1.807, 2.05) is 31.2 Å². The second-order valence-electron chi connectivity index (χ2n) is 5.01. The average Bonchev–Trinajstić information content (AvgIpc) is 2.40. The van der Waals surface area contributed by atoms with E-state index in [1.54, 1.807) is 0 Å². The highest BCUT2D eigenvalue weighted by atomic mass is 35.5. The van der Waals surface area contributed by atoms with E-state index in [1.165, 1.54) is 0 Å². The maximum atomic E-state index is 12.1. The minimum absolute atomic E-state index is 0. The maximum absolute atomic E-state index is 12.1. The summed E-state index contributed by atoms with van der Waals surface area (Å²) in [6.45, 7) is 5.70. The summed E-state index contributed by atoms with van der Waals surface area (Å²) in [5, 5.41) is 6.48. The van der Waals surface area contributed by atoms with Crippen LogP contribution in [0.3, 0.4) is 0 Å². The third kappa shape index (κ3) is 4.69. The number of nitrogens with one attached hydrogen (secondary N) is 2. The molecule has 2 unspecified atom stereocenters. The summed E-state index contributed by atoms with van der Waals surface area (Å²) in [7, 11) is 0. The fraction of sp³-hybridized carbons (Fsp3) is 0.533. The largest absolute Gasteiger partial charge is 0.494 e. The van der Waals surface area contributed by atoms with Crippen LogP contribution in [0.2, 0.25) is 0 Å². The van der Waals surface area contributed by atoms with E-state index in [-0.39, 0.29) is 24.4 Å². The molecule has 1 aromatic carbocycles. The smallest absolute Gasteiger partial charge is 0.251 e. The van der Waals surface area contributed by atoms with Gasteiger partial charge < -0.3 is 15.4 Å². The van der Waals surface area contributed by atoms with Gasteiger partial charge in [0, 0.05) is 17.6 Å². The molecule has 4 nitrogen and oxygen atoms in total. The first kappa shape index (κ1) is 16.8. The predicted molar refractivity (Wildman–Crippen MR) is 82.8 cm³/mol. The summed E-state index contributed by atoms with van der Waals surface area (Å²) in [6, 6.07) is 8.04. The van der Waals surface area contributed by atoms with Crippen molar-refractivity contribution < 1.29 is 9.53 Å². The van der Waals surface area contributed by atoms with E-state index in [2.05, 4.69) is 17.6 Å². The lowest BCUT2D eigenvalue weighted by Crippen LogP contribution is -2.46. The monoisotopic (exact) mass is 298 g/mol. The molecule has 0 spiro atoms. The number of amides is 1. The molecule has 0 aliphatic carbocycles. The van der Waals surface area contributed by atoms with Gasteiger partial charge in [-0.3, -0.25) is 4.79 Å². The number of carbonyl (C=O) groups is 1. The van der Waals surface area contributed by atoms with Crippen molar-refractivity contribution in [1.29, 1.82) is 0 Å². The Morgan fingerprint density at radius 1 is 1.40 bits per heavy atom. The fourth-order valence-corrected chi connectivity index (χ4v) is 2.40. The number of ether oxygens (including phenoxy) is 1. The van der Waals surface area contributed by atoms with Gasteiger partial charge in [-0.15, -0.1) is 12.4 Å². The second-order valence-corrected chi connectivity index (χ2v) is 5.01. The molecule has 20 heavy (non-hydrogen) atoms. The molecule has 2 atom stereocenters. The van der Waals surface area contributed by atoms with Crippen LogP contribution >= 0.6 is 12.4 Å². The van der Waals surface area contributed by atoms with Crippen molar-refractivity contribution in [2.75, 3.05) is 13.2 Å². The van der Waals surface area contributed by atoms with E-state index in [0.717, 1.165) is 25.1 Å². The number of piperidine rings is 1. The maximum Gasteiger partial charge on any atom is 0.251 e. The molecule has 0 radical (unpaired) electrons. The van der Waals surface area contributed by atoms with Gasteiger partial charge in [0.1, 0.15) is 5.75 Å². The van der Waals surface area contributed by atoms with E-state index in [9.17, 15) is 4.79 Å². The first-order chi connectivity index (χ1) is 9.19. The zero-order valence-electron chi connectivity index (χ0n) is 12.0. The highest BCUT2D eigenvalue weighted by Crippen LogP contribution is 2.13. The van der Waals surface area contributed by atoms with Crippen LogP contribution < -0.4 is 15.4 Å². The normalized spacial score (nSPS) is 21.7. The summed E-state index contributed by atoms with van der Waals surface area (Å²) in [6.07, 6.45) is 1.98. The molecule has 2 N–H and O–H groups in total. The van der Waals surface area contributed by atoms with Crippen molar-refractivity contribution in [1.82, 2.24) is 10.6 Å². The number of halogens is 1. The van der Waals surface area contributed by atoms with Crippen molar-refractivity contribution in [3.63, 3.8) is 0 Å². The molecule has 0 bridgehead atoms. The van der Waals surface area contributed by atoms with Gasteiger partial charge in [-0.1, -0.05) is 0 Å². The van der Waals surface area contributed by atoms with Crippen molar-refractivity contribution in [2.24, 2.45) is 0 Å². The van der Waals surface area contributed by atoms with Crippen LogP contribution in [0.25, 0.3) is 0 Å². The minimum Gasteiger partial charge on any atom is -0.494 e. The van der Waals surface area contributed by atoms with Crippen LogP contribution in [0.4, 0.5) is 0 Å². The molecule has 0 saturated carbocycles. The molecule has 1 fully saturated rings.